The van der Waals surface area contributed by atoms with E-state index in [4.69, 9.17) is 4.18 Å². The van der Waals surface area contributed by atoms with Crippen LogP contribution in [0.15, 0.2) is 29.2 Å². The second-order valence-corrected chi connectivity index (χ2v) is 6.58. The van der Waals surface area contributed by atoms with Crippen molar-refractivity contribution in [2.45, 2.75) is 39.0 Å². The number of hydrogen-bond donors (Lipinski definition) is 0. The highest BCUT2D eigenvalue weighted by Crippen LogP contribution is 2.19. The van der Waals surface area contributed by atoms with Crippen LogP contribution < -0.4 is 0 Å². The highest BCUT2D eigenvalue weighted by Gasteiger charge is 2.19. The minimum Gasteiger partial charge on any atom is -0.266 e. The molecule has 102 valence electrons. The Morgan fingerprint density at radius 2 is 1.72 bits per heavy atom. The van der Waals surface area contributed by atoms with E-state index >= 15 is 0 Å². The number of aryl methyl sites for hydroxylation is 1. The molecule has 0 spiro atoms. The lowest BCUT2D eigenvalue weighted by atomic mass is 9.94. The standard InChI is InChI=1S/C14H22O3S/c1-5-13(11(2)3)10-17-18(15,16)14-8-6-12(4)7-9-14/h6-9,11,13H,5,10H2,1-4H3/t13-/m0/s1. The summed E-state index contributed by atoms with van der Waals surface area (Å²) in [6.07, 6.45) is 0.918. The summed E-state index contributed by atoms with van der Waals surface area (Å²) in [7, 11) is -3.62. The molecule has 0 aliphatic rings. The van der Waals surface area contributed by atoms with Crippen LogP contribution in [0.3, 0.4) is 0 Å². The third kappa shape index (κ3) is 4.10. The Bertz CT molecular complexity index is 460. The monoisotopic (exact) mass is 270 g/mol. The van der Waals surface area contributed by atoms with E-state index in [1.165, 1.54) is 0 Å². The predicted octanol–water partition coefficient (Wildman–Crippen LogP) is 3.38. The van der Waals surface area contributed by atoms with Crippen LogP contribution >= 0.6 is 0 Å². The normalized spacial score (nSPS) is 13.8. The maximum Gasteiger partial charge on any atom is 0.296 e. The van der Waals surface area contributed by atoms with Crippen molar-refractivity contribution in [2.75, 3.05) is 6.61 Å². The molecule has 0 amide bonds. The van der Waals surface area contributed by atoms with Gasteiger partial charge in [-0.15, -0.1) is 0 Å². The topological polar surface area (TPSA) is 43.4 Å². The predicted molar refractivity (Wildman–Crippen MR) is 72.9 cm³/mol. The molecule has 0 aromatic heterocycles. The van der Waals surface area contributed by atoms with Crippen molar-refractivity contribution in [2.24, 2.45) is 11.8 Å². The Morgan fingerprint density at radius 1 is 1.17 bits per heavy atom. The van der Waals surface area contributed by atoms with Crippen LogP contribution in [0.2, 0.25) is 0 Å². The first kappa shape index (κ1) is 15.2. The number of hydrogen-bond acceptors (Lipinski definition) is 3. The molecule has 18 heavy (non-hydrogen) atoms. The van der Waals surface area contributed by atoms with Gasteiger partial charge < -0.3 is 0 Å². The zero-order valence-electron chi connectivity index (χ0n) is 11.5. The van der Waals surface area contributed by atoms with Gasteiger partial charge in [0.15, 0.2) is 0 Å². The average Bonchev–Trinajstić information content (AvgIpc) is 2.29. The van der Waals surface area contributed by atoms with Crippen LogP contribution in [0.25, 0.3) is 0 Å². The van der Waals surface area contributed by atoms with Gasteiger partial charge in [-0.05, 0) is 30.9 Å². The molecule has 1 atom stereocenters. The first-order valence-corrected chi connectivity index (χ1v) is 7.73. The van der Waals surface area contributed by atoms with E-state index in [-0.39, 0.29) is 17.4 Å². The smallest absolute Gasteiger partial charge is 0.266 e. The van der Waals surface area contributed by atoms with Gasteiger partial charge in [-0.3, -0.25) is 4.18 Å². The third-order valence-electron chi connectivity index (χ3n) is 3.21. The molecular weight excluding hydrogens is 248 g/mol. The van der Waals surface area contributed by atoms with Crippen molar-refractivity contribution in [3.05, 3.63) is 29.8 Å². The van der Waals surface area contributed by atoms with Gasteiger partial charge in [0, 0.05) is 0 Å². The Hall–Kier alpha value is -0.870. The lowest BCUT2D eigenvalue weighted by Crippen LogP contribution is -2.18. The van der Waals surface area contributed by atoms with Crippen LogP contribution in [0.5, 0.6) is 0 Å². The highest BCUT2D eigenvalue weighted by molar-refractivity contribution is 7.86. The summed E-state index contributed by atoms with van der Waals surface area (Å²) in [6.45, 7) is 8.38. The van der Waals surface area contributed by atoms with E-state index in [0.717, 1.165) is 12.0 Å². The van der Waals surface area contributed by atoms with E-state index in [9.17, 15) is 8.42 Å². The number of rotatable bonds is 6. The molecule has 0 unspecified atom stereocenters. The summed E-state index contributed by atoms with van der Waals surface area (Å²) in [6, 6.07) is 6.72. The Balaban J connectivity index is 2.73. The molecular formula is C14H22O3S. The SMILES string of the molecule is CC[C@@H](COS(=O)(=O)c1ccc(C)cc1)C(C)C. The van der Waals surface area contributed by atoms with E-state index in [1.54, 1.807) is 24.3 Å². The molecule has 0 aliphatic heterocycles. The first-order chi connectivity index (χ1) is 8.36. The van der Waals surface area contributed by atoms with E-state index in [0.29, 0.717) is 5.92 Å². The zero-order chi connectivity index (χ0) is 13.8. The summed E-state index contributed by atoms with van der Waals surface area (Å²) in [5.74, 6) is 0.688. The Kier molecular flexibility index (Phi) is 5.35. The average molecular weight is 270 g/mol. The molecule has 0 aliphatic carbocycles. The fourth-order valence-corrected chi connectivity index (χ4v) is 2.69. The summed E-state index contributed by atoms with van der Waals surface area (Å²) in [4.78, 5) is 0.228. The summed E-state index contributed by atoms with van der Waals surface area (Å²) >= 11 is 0. The molecule has 0 saturated carbocycles. The minimum atomic E-state index is -3.62. The molecule has 0 heterocycles. The van der Waals surface area contributed by atoms with Crippen molar-refractivity contribution >= 4 is 10.1 Å². The van der Waals surface area contributed by atoms with Crippen LogP contribution in [-0.2, 0) is 14.3 Å². The van der Waals surface area contributed by atoms with Crippen molar-refractivity contribution in [3.8, 4) is 0 Å². The largest absolute Gasteiger partial charge is 0.296 e. The van der Waals surface area contributed by atoms with Gasteiger partial charge in [-0.25, -0.2) is 0 Å². The minimum absolute atomic E-state index is 0.228. The van der Waals surface area contributed by atoms with Gasteiger partial charge in [0.2, 0.25) is 0 Å². The summed E-state index contributed by atoms with van der Waals surface area (Å²) in [5, 5.41) is 0. The van der Waals surface area contributed by atoms with Gasteiger partial charge in [0.1, 0.15) is 0 Å². The van der Waals surface area contributed by atoms with Crippen LogP contribution in [0.4, 0.5) is 0 Å². The molecule has 0 bridgehead atoms. The first-order valence-electron chi connectivity index (χ1n) is 6.33. The van der Waals surface area contributed by atoms with E-state index < -0.39 is 10.1 Å². The summed E-state index contributed by atoms with van der Waals surface area (Å²) in [5.41, 5.74) is 1.03. The Morgan fingerprint density at radius 3 is 2.17 bits per heavy atom. The van der Waals surface area contributed by atoms with Gasteiger partial charge in [0.25, 0.3) is 10.1 Å². The van der Waals surface area contributed by atoms with E-state index in [1.807, 2.05) is 13.8 Å². The van der Waals surface area contributed by atoms with Crippen molar-refractivity contribution in [3.63, 3.8) is 0 Å². The molecule has 3 nitrogen and oxygen atoms in total. The van der Waals surface area contributed by atoms with E-state index in [2.05, 4.69) is 13.8 Å². The lowest BCUT2D eigenvalue weighted by molar-refractivity contribution is 0.210. The second-order valence-electron chi connectivity index (χ2n) is 4.96. The zero-order valence-corrected chi connectivity index (χ0v) is 12.3. The van der Waals surface area contributed by atoms with Crippen molar-refractivity contribution < 1.29 is 12.6 Å². The third-order valence-corrected chi connectivity index (χ3v) is 4.51. The molecule has 1 rings (SSSR count). The lowest BCUT2D eigenvalue weighted by Gasteiger charge is -2.18. The fourth-order valence-electron chi connectivity index (χ4n) is 1.73. The van der Waals surface area contributed by atoms with Crippen LogP contribution in [0.1, 0.15) is 32.8 Å². The molecule has 0 N–H and O–H groups in total. The maximum atomic E-state index is 12.0. The van der Waals surface area contributed by atoms with Gasteiger partial charge >= 0.3 is 0 Å². The Labute approximate surface area is 110 Å². The van der Waals surface area contributed by atoms with Crippen molar-refractivity contribution in [1.29, 1.82) is 0 Å². The van der Waals surface area contributed by atoms with Gasteiger partial charge in [0.05, 0.1) is 11.5 Å². The second kappa shape index (κ2) is 6.34. The quantitative estimate of drug-likeness (QED) is 0.744. The fraction of sp³-hybridized carbons (Fsp3) is 0.571. The molecule has 1 aromatic rings. The molecule has 4 heteroatoms. The van der Waals surface area contributed by atoms with Crippen LogP contribution in [0, 0.1) is 18.8 Å². The van der Waals surface area contributed by atoms with Crippen LogP contribution in [-0.4, -0.2) is 15.0 Å². The van der Waals surface area contributed by atoms with Gasteiger partial charge in [-0.2, -0.15) is 8.42 Å². The summed E-state index contributed by atoms with van der Waals surface area (Å²) < 4.78 is 29.1. The maximum absolute atomic E-state index is 12.0. The molecule has 0 fully saturated rings. The highest BCUT2D eigenvalue weighted by atomic mass is 32.2. The molecule has 0 radical (unpaired) electrons. The number of benzene rings is 1. The van der Waals surface area contributed by atoms with Gasteiger partial charge in [-0.1, -0.05) is 44.9 Å². The van der Waals surface area contributed by atoms with Crippen molar-refractivity contribution in [1.82, 2.24) is 0 Å². The molecule has 1 aromatic carbocycles. The molecule has 0 saturated heterocycles.